The van der Waals surface area contributed by atoms with Crippen LogP contribution in [0.3, 0.4) is 0 Å². The molecule has 3 rings (SSSR count). The predicted molar refractivity (Wildman–Crippen MR) is 78.0 cm³/mol. The van der Waals surface area contributed by atoms with Crippen LogP contribution < -0.4 is 0 Å². The summed E-state index contributed by atoms with van der Waals surface area (Å²) < 4.78 is 19.2. The van der Waals surface area contributed by atoms with Crippen LogP contribution in [0.5, 0.6) is 0 Å². The first-order valence-corrected chi connectivity index (χ1v) is 7.49. The molecular formula is C15H13NO10. The molecule has 0 spiro atoms. The molecule has 2 unspecified atom stereocenters. The number of ether oxygens (including phenoxy) is 4. The summed E-state index contributed by atoms with van der Waals surface area (Å²) in [7, 11) is 0. The number of hydrogen-bond acceptors (Lipinski definition) is 9. The normalized spacial score (nSPS) is 21.5. The molecule has 26 heavy (non-hydrogen) atoms. The quantitative estimate of drug-likeness (QED) is 0.679. The van der Waals surface area contributed by atoms with Gasteiger partial charge in [-0.3, -0.25) is 0 Å². The molecule has 0 radical (unpaired) electrons. The fourth-order valence-corrected chi connectivity index (χ4v) is 2.73. The summed E-state index contributed by atoms with van der Waals surface area (Å²) >= 11 is 0. The second-order valence-corrected chi connectivity index (χ2v) is 5.61. The van der Waals surface area contributed by atoms with Gasteiger partial charge in [0.25, 0.3) is 0 Å². The second-order valence-electron chi connectivity index (χ2n) is 5.61. The third-order valence-corrected chi connectivity index (χ3v) is 3.82. The minimum absolute atomic E-state index is 0.0195. The van der Waals surface area contributed by atoms with Crippen molar-refractivity contribution in [2.24, 2.45) is 0 Å². The Morgan fingerprint density at radius 1 is 1.00 bits per heavy atom. The fraction of sp³-hybridized carbons (Fsp3) is 0.400. The van der Waals surface area contributed by atoms with E-state index in [0.29, 0.717) is 5.56 Å². The van der Waals surface area contributed by atoms with E-state index >= 15 is 0 Å². The molecule has 1 aromatic heterocycles. The first kappa shape index (κ1) is 17.5. The Labute approximate surface area is 145 Å². The molecule has 0 saturated carbocycles. The first-order chi connectivity index (χ1) is 12.3. The third-order valence-electron chi connectivity index (χ3n) is 3.82. The second kappa shape index (κ2) is 6.86. The Morgan fingerprint density at radius 2 is 1.58 bits per heavy atom. The van der Waals surface area contributed by atoms with Gasteiger partial charge in [0.1, 0.15) is 31.1 Å². The Kier molecular flexibility index (Phi) is 4.61. The zero-order chi connectivity index (χ0) is 18.8. The summed E-state index contributed by atoms with van der Waals surface area (Å²) in [6, 6.07) is 1.20. The number of carbonyl (C=O) groups excluding carboxylic acids is 2. The highest BCUT2D eigenvalue weighted by atomic mass is 16.8. The number of rotatable bonds is 6. The maximum atomic E-state index is 11.6. The maximum absolute atomic E-state index is 11.6. The van der Waals surface area contributed by atoms with Gasteiger partial charge in [-0.05, 0) is 17.2 Å². The summed E-state index contributed by atoms with van der Waals surface area (Å²) in [4.78, 5) is 48.6. The Bertz CT molecular complexity index is 789. The molecule has 11 nitrogen and oxygen atoms in total. The molecule has 2 N–H and O–H groups in total. The van der Waals surface area contributed by atoms with Gasteiger partial charge >= 0.3 is 24.2 Å². The highest BCUT2D eigenvalue weighted by Gasteiger charge is 2.32. The van der Waals surface area contributed by atoms with Crippen molar-refractivity contribution >= 4 is 24.2 Å². The van der Waals surface area contributed by atoms with E-state index in [4.69, 9.17) is 9.47 Å². The monoisotopic (exact) mass is 367 g/mol. The average molecular weight is 367 g/mol. The van der Waals surface area contributed by atoms with Crippen LogP contribution in [0.25, 0.3) is 0 Å². The van der Waals surface area contributed by atoms with E-state index < -0.39 is 47.8 Å². The summed E-state index contributed by atoms with van der Waals surface area (Å²) in [5.41, 5.74) is -0.478. The topological polar surface area (TPSA) is 159 Å². The van der Waals surface area contributed by atoms with Gasteiger partial charge in [0.15, 0.2) is 5.69 Å². The van der Waals surface area contributed by atoms with Gasteiger partial charge < -0.3 is 29.2 Å². The highest BCUT2D eigenvalue weighted by Crippen LogP contribution is 2.24. The minimum Gasteiger partial charge on any atom is -0.477 e. The Morgan fingerprint density at radius 3 is 2.04 bits per heavy atom. The number of aromatic carboxylic acids is 2. The van der Waals surface area contributed by atoms with Gasteiger partial charge in [0, 0.05) is 12.8 Å². The van der Waals surface area contributed by atoms with Crippen LogP contribution in [-0.4, -0.2) is 64.9 Å². The smallest absolute Gasteiger partial charge is 0.477 e. The standard InChI is InChI=1S/C15H13NO10/c17-12(18)10-2-6(1-7-4-23-14(21)25-7)9(11(16-10)13(19)20)3-8-5-24-15(22)26-8/h2,7-8H,1,3-5H2,(H,17,18)(H,19,20). The number of carbonyl (C=O) groups is 4. The Hall–Kier alpha value is -3.37. The van der Waals surface area contributed by atoms with Gasteiger partial charge in [0.2, 0.25) is 0 Å². The third kappa shape index (κ3) is 3.66. The molecule has 0 amide bonds. The van der Waals surface area contributed by atoms with Gasteiger partial charge in [0.05, 0.1) is 0 Å². The zero-order valence-electron chi connectivity index (χ0n) is 13.2. The van der Waals surface area contributed by atoms with Crippen molar-refractivity contribution in [3.63, 3.8) is 0 Å². The first-order valence-electron chi connectivity index (χ1n) is 7.49. The molecule has 0 aliphatic carbocycles. The molecule has 11 heteroatoms. The van der Waals surface area contributed by atoms with Crippen LogP contribution in [-0.2, 0) is 31.8 Å². The van der Waals surface area contributed by atoms with E-state index in [-0.39, 0.29) is 31.6 Å². The number of carboxylic acid groups (broad SMARTS) is 2. The van der Waals surface area contributed by atoms with E-state index in [1.54, 1.807) is 0 Å². The van der Waals surface area contributed by atoms with E-state index in [1.165, 1.54) is 6.07 Å². The van der Waals surface area contributed by atoms with Crippen molar-refractivity contribution in [3.8, 4) is 0 Å². The van der Waals surface area contributed by atoms with Crippen molar-refractivity contribution in [2.75, 3.05) is 13.2 Å². The summed E-state index contributed by atoms with van der Waals surface area (Å²) in [6.45, 7) is -0.119. The Balaban J connectivity index is 1.98. The minimum atomic E-state index is -1.44. The van der Waals surface area contributed by atoms with E-state index in [0.717, 1.165) is 0 Å². The van der Waals surface area contributed by atoms with E-state index in [9.17, 15) is 29.4 Å². The molecule has 138 valence electrons. The van der Waals surface area contributed by atoms with E-state index in [2.05, 4.69) is 14.5 Å². The molecule has 2 saturated heterocycles. The molecule has 2 aliphatic rings. The fourth-order valence-electron chi connectivity index (χ4n) is 2.73. The summed E-state index contributed by atoms with van der Waals surface area (Å²) in [6.07, 6.45) is -3.20. The molecule has 0 bridgehead atoms. The lowest BCUT2D eigenvalue weighted by Gasteiger charge is -2.16. The van der Waals surface area contributed by atoms with Crippen LogP contribution in [0.15, 0.2) is 6.07 Å². The lowest BCUT2D eigenvalue weighted by molar-refractivity contribution is 0.0682. The number of aromatic nitrogens is 1. The van der Waals surface area contributed by atoms with Gasteiger partial charge in [-0.15, -0.1) is 0 Å². The molecule has 2 fully saturated rings. The van der Waals surface area contributed by atoms with Crippen LogP contribution in [0.2, 0.25) is 0 Å². The molecule has 2 atom stereocenters. The number of hydrogen-bond donors (Lipinski definition) is 2. The van der Waals surface area contributed by atoms with Crippen molar-refractivity contribution < 1.29 is 48.3 Å². The van der Waals surface area contributed by atoms with Crippen molar-refractivity contribution in [1.82, 2.24) is 4.98 Å². The predicted octanol–water partition coefficient (Wildman–Crippen LogP) is 0.634. The number of pyridine rings is 1. The lowest BCUT2D eigenvalue weighted by Crippen LogP contribution is -2.23. The number of carboxylic acids is 2. The molecule has 3 heterocycles. The van der Waals surface area contributed by atoms with Crippen LogP contribution in [0.1, 0.15) is 32.1 Å². The SMILES string of the molecule is O=C1OCC(Cc2cc(C(=O)O)nc(C(=O)O)c2CC2COC(=O)O2)O1. The number of nitrogens with zero attached hydrogens (tertiary/aromatic N) is 1. The van der Waals surface area contributed by atoms with Gasteiger partial charge in [-0.2, -0.15) is 0 Å². The van der Waals surface area contributed by atoms with Gasteiger partial charge in [-0.1, -0.05) is 0 Å². The van der Waals surface area contributed by atoms with Crippen molar-refractivity contribution in [3.05, 3.63) is 28.6 Å². The highest BCUT2D eigenvalue weighted by molar-refractivity contribution is 5.91. The van der Waals surface area contributed by atoms with Crippen LogP contribution >= 0.6 is 0 Å². The number of cyclic esters (lactones) is 4. The molecule has 1 aromatic rings. The van der Waals surface area contributed by atoms with Crippen LogP contribution in [0.4, 0.5) is 9.59 Å². The van der Waals surface area contributed by atoms with Crippen molar-refractivity contribution in [1.29, 1.82) is 0 Å². The van der Waals surface area contributed by atoms with E-state index in [1.807, 2.05) is 0 Å². The van der Waals surface area contributed by atoms with Crippen molar-refractivity contribution in [2.45, 2.75) is 25.0 Å². The average Bonchev–Trinajstić information content (AvgIpc) is 3.16. The largest absolute Gasteiger partial charge is 0.508 e. The van der Waals surface area contributed by atoms with Gasteiger partial charge in [-0.25, -0.2) is 24.2 Å². The summed E-state index contributed by atoms with van der Waals surface area (Å²) in [5, 5.41) is 18.6. The van der Waals surface area contributed by atoms with Crippen LogP contribution in [0, 0.1) is 0 Å². The summed E-state index contributed by atoms with van der Waals surface area (Å²) in [5.74, 6) is -2.84. The molecule has 2 aliphatic heterocycles. The molecule has 0 aromatic carbocycles. The zero-order valence-corrected chi connectivity index (χ0v) is 13.2. The maximum Gasteiger partial charge on any atom is 0.508 e. The molecular weight excluding hydrogens is 354 g/mol. The lowest BCUT2D eigenvalue weighted by atomic mass is 9.95.